The summed E-state index contributed by atoms with van der Waals surface area (Å²) in [6.07, 6.45) is 1.95. The zero-order chi connectivity index (χ0) is 22.9. The first-order chi connectivity index (χ1) is 15.3. The molecular formula is C21H22ClN3O4S3. The summed E-state index contributed by atoms with van der Waals surface area (Å²) in [5, 5.41) is 3.28. The standard InChI is InChI=1S/C21H22ClN3O4S3/c1-13-19(14-6-8-15(29-2)9-7-14)23-21(30-13)24-20(26)16-5-3-4-12-25(16)32(27,28)18-11-10-17(22)31-18/h6-11,16H,3-5,12H2,1-2H3,(H,23,24,26). The average molecular weight is 512 g/mol. The van der Waals surface area contributed by atoms with Crippen LogP contribution in [0.4, 0.5) is 5.13 Å². The fourth-order valence-corrected chi connectivity index (χ4v) is 7.77. The number of amides is 1. The summed E-state index contributed by atoms with van der Waals surface area (Å²) in [5.41, 5.74) is 1.69. The number of ether oxygens (including phenoxy) is 1. The maximum Gasteiger partial charge on any atom is 0.253 e. The first-order valence-corrected chi connectivity index (χ1v) is 13.4. The number of anilines is 1. The van der Waals surface area contributed by atoms with Gasteiger partial charge in [0, 0.05) is 17.0 Å². The highest BCUT2D eigenvalue weighted by Crippen LogP contribution is 2.34. The molecule has 11 heteroatoms. The second kappa shape index (κ2) is 9.48. The van der Waals surface area contributed by atoms with Crippen molar-refractivity contribution in [3.05, 3.63) is 45.6 Å². The van der Waals surface area contributed by atoms with E-state index >= 15 is 0 Å². The highest BCUT2D eigenvalue weighted by Gasteiger charge is 2.38. The summed E-state index contributed by atoms with van der Waals surface area (Å²) >= 11 is 8.30. The van der Waals surface area contributed by atoms with Crippen molar-refractivity contribution in [2.45, 2.75) is 36.4 Å². The van der Waals surface area contributed by atoms with Gasteiger partial charge < -0.3 is 10.1 Å². The Hall–Kier alpha value is -1.98. The number of thiophene rings is 1. The summed E-state index contributed by atoms with van der Waals surface area (Å²) < 4.78 is 33.3. The zero-order valence-corrected chi connectivity index (χ0v) is 20.7. The molecule has 0 saturated carbocycles. The molecule has 1 atom stereocenters. The van der Waals surface area contributed by atoms with E-state index in [-0.39, 0.29) is 10.1 Å². The van der Waals surface area contributed by atoms with Gasteiger partial charge in [-0.1, -0.05) is 18.0 Å². The van der Waals surface area contributed by atoms with Crippen LogP contribution >= 0.6 is 34.3 Å². The van der Waals surface area contributed by atoms with Crippen LogP contribution in [0, 0.1) is 6.92 Å². The minimum Gasteiger partial charge on any atom is -0.497 e. The lowest BCUT2D eigenvalue weighted by Gasteiger charge is -2.32. The highest BCUT2D eigenvalue weighted by molar-refractivity contribution is 7.91. The van der Waals surface area contributed by atoms with E-state index in [0.717, 1.165) is 39.6 Å². The molecule has 0 bridgehead atoms. The van der Waals surface area contributed by atoms with Crippen molar-refractivity contribution in [1.29, 1.82) is 0 Å². The van der Waals surface area contributed by atoms with Crippen molar-refractivity contribution in [2.24, 2.45) is 0 Å². The SMILES string of the molecule is COc1ccc(-c2nc(NC(=O)C3CCCCN3S(=O)(=O)c3ccc(Cl)s3)sc2C)cc1. The number of methoxy groups -OCH3 is 1. The van der Waals surface area contributed by atoms with Crippen molar-refractivity contribution < 1.29 is 17.9 Å². The van der Waals surface area contributed by atoms with E-state index in [0.29, 0.717) is 28.9 Å². The number of hydrogen-bond acceptors (Lipinski definition) is 7. The quantitative estimate of drug-likeness (QED) is 0.501. The number of aromatic nitrogens is 1. The first-order valence-electron chi connectivity index (χ1n) is 9.99. The summed E-state index contributed by atoms with van der Waals surface area (Å²) in [5.74, 6) is 0.381. The molecule has 1 unspecified atom stereocenters. The molecule has 1 aliphatic rings. The van der Waals surface area contributed by atoms with Crippen LogP contribution in [0.2, 0.25) is 4.34 Å². The number of benzene rings is 1. The van der Waals surface area contributed by atoms with Crippen LogP contribution in [0.1, 0.15) is 24.1 Å². The molecule has 0 aliphatic carbocycles. The molecule has 4 rings (SSSR count). The van der Waals surface area contributed by atoms with Crippen LogP contribution in [0.5, 0.6) is 5.75 Å². The van der Waals surface area contributed by atoms with E-state index in [1.165, 1.54) is 21.7 Å². The lowest BCUT2D eigenvalue weighted by Crippen LogP contribution is -2.49. The van der Waals surface area contributed by atoms with Crippen LogP contribution < -0.4 is 10.1 Å². The second-order valence-electron chi connectivity index (χ2n) is 7.33. The van der Waals surface area contributed by atoms with Gasteiger partial charge in [0.05, 0.1) is 17.1 Å². The molecule has 0 radical (unpaired) electrons. The molecule has 1 aliphatic heterocycles. The third-order valence-corrected chi connectivity index (χ3v) is 9.75. The Balaban J connectivity index is 1.54. The first kappa shape index (κ1) is 23.2. The maximum atomic E-state index is 13.1. The van der Waals surface area contributed by atoms with Crippen molar-refractivity contribution >= 4 is 55.3 Å². The van der Waals surface area contributed by atoms with E-state index in [9.17, 15) is 13.2 Å². The number of nitrogens with one attached hydrogen (secondary N) is 1. The number of thiazole rings is 1. The smallest absolute Gasteiger partial charge is 0.253 e. The monoisotopic (exact) mass is 511 g/mol. The highest BCUT2D eigenvalue weighted by atomic mass is 35.5. The van der Waals surface area contributed by atoms with Crippen molar-refractivity contribution in [2.75, 3.05) is 19.0 Å². The fourth-order valence-electron chi connectivity index (χ4n) is 3.66. The number of sulfonamides is 1. The Bertz CT molecular complexity index is 1220. The van der Waals surface area contributed by atoms with E-state index < -0.39 is 16.1 Å². The van der Waals surface area contributed by atoms with E-state index in [2.05, 4.69) is 10.3 Å². The Morgan fingerprint density at radius 3 is 2.59 bits per heavy atom. The lowest BCUT2D eigenvalue weighted by atomic mass is 10.0. The van der Waals surface area contributed by atoms with Crippen molar-refractivity contribution in [3.63, 3.8) is 0 Å². The van der Waals surface area contributed by atoms with Crippen LogP contribution in [0.25, 0.3) is 11.3 Å². The minimum atomic E-state index is -3.80. The van der Waals surface area contributed by atoms with Gasteiger partial charge in [-0.25, -0.2) is 13.4 Å². The number of aryl methyl sites for hydroxylation is 1. The number of halogens is 1. The Morgan fingerprint density at radius 2 is 1.94 bits per heavy atom. The number of nitrogens with zero attached hydrogens (tertiary/aromatic N) is 2. The Morgan fingerprint density at radius 1 is 1.19 bits per heavy atom. The summed E-state index contributed by atoms with van der Waals surface area (Å²) in [4.78, 5) is 18.6. The number of carbonyl (C=O) groups is 1. The Kier molecular flexibility index (Phi) is 6.87. The second-order valence-corrected chi connectivity index (χ2v) is 12.4. The molecule has 2 aromatic heterocycles. The van der Waals surface area contributed by atoms with Gasteiger partial charge >= 0.3 is 0 Å². The maximum absolute atomic E-state index is 13.1. The molecule has 1 aromatic carbocycles. The van der Waals surface area contributed by atoms with Gasteiger partial charge in [0.1, 0.15) is 16.0 Å². The summed E-state index contributed by atoms with van der Waals surface area (Å²) in [7, 11) is -2.19. The summed E-state index contributed by atoms with van der Waals surface area (Å²) in [6.45, 7) is 2.23. The molecule has 1 saturated heterocycles. The van der Waals surface area contributed by atoms with Gasteiger partial charge in [-0.15, -0.1) is 22.7 Å². The van der Waals surface area contributed by atoms with Crippen molar-refractivity contribution in [1.82, 2.24) is 9.29 Å². The zero-order valence-electron chi connectivity index (χ0n) is 17.5. The largest absolute Gasteiger partial charge is 0.497 e. The molecule has 1 amide bonds. The molecule has 7 nitrogen and oxygen atoms in total. The lowest BCUT2D eigenvalue weighted by molar-refractivity contribution is -0.120. The topological polar surface area (TPSA) is 88.6 Å². The van der Waals surface area contributed by atoms with Gasteiger partial charge in [0.2, 0.25) is 5.91 Å². The molecule has 3 aromatic rings. The third-order valence-electron chi connectivity index (χ3n) is 5.26. The molecule has 32 heavy (non-hydrogen) atoms. The predicted octanol–water partition coefficient (Wildman–Crippen LogP) is 5.02. The van der Waals surface area contributed by atoms with Gasteiger partial charge in [0.25, 0.3) is 10.0 Å². The molecule has 1 fully saturated rings. The van der Waals surface area contributed by atoms with Crippen LogP contribution in [0.15, 0.2) is 40.6 Å². The average Bonchev–Trinajstić information content (AvgIpc) is 3.39. The van der Waals surface area contributed by atoms with Gasteiger partial charge in [-0.3, -0.25) is 4.79 Å². The molecule has 1 N–H and O–H groups in total. The number of piperidine rings is 1. The van der Waals surface area contributed by atoms with Crippen LogP contribution in [-0.2, 0) is 14.8 Å². The normalized spacial score (nSPS) is 17.3. The van der Waals surface area contributed by atoms with E-state index in [1.54, 1.807) is 13.2 Å². The van der Waals surface area contributed by atoms with E-state index in [4.69, 9.17) is 16.3 Å². The number of carbonyl (C=O) groups excluding carboxylic acids is 1. The van der Waals surface area contributed by atoms with Gasteiger partial charge in [-0.2, -0.15) is 4.31 Å². The van der Waals surface area contributed by atoms with Crippen molar-refractivity contribution in [3.8, 4) is 17.0 Å². The fraction of sp³-hybridized carbons (Fsp3) is 0.333. The van der Waals surface area contributed by atoms with Crippen LogP contribution in [-0.4, -0.2) is 43.3 Å². The molecule has 3 heterocycles. The molecule has 170 valence electrons. The Labute approximate surface area is 200 Å². The summed E-state index contributed by atoms with van der Waals surface area (Å²) in [6, 6.07) is 9.78. The number of rotatable bonds is 6. The van der Waals surface area contributed by atoms with Gasteiger partial charge in [0.15, 0.2) is 5.13 Å². The number of hydrogen-bond donors (Lipinski definition) is 1. The predicted molar refractivity (Wildman–Crippen MR) is 128 cm³/mol. The minimum absolute atomic E-state index is 0.147. The van der Waals surface area contributed by atoms with Gasteiger partial charge in [-0.05, 0) is 56.2 Å². The van der Waals surface area contributed by atoms with Crippen LogP contribution in [0.3, 0.4) is 0 Å². The molecule has 0 spiro atoms. The molecular weight excluding hydrogens is 490 g/mol. The third kappa shape index (κ3) is 4.69. The van der Waals surface area contributed by atoms with E-state index in [1.807, 2.05) is 31.2 Å².